The summed E-state index contributed by atoms with van der Waals surface area (Å²) in [6, 6.07) is 14.0. The molecule has 0 fully saturated rings. The summed E-state index contributed by atoms with van der Waals surface area (Å²) >= 11 is 0. The number of anilines is 1. The molecule has 3 nitrogen and oxygen atoms in total. The normalized spacial score (nSPS) is 12.1. The lowest BCUT2D eigenvalue weighted by Crippen LogP contribution is -2.06. The number of nitriles is 1. The predicted octanol–water partition coefficient (Wildman–Crippen LogP) is 3.53. The van der Waals surface area contributed by atoms with Gasteiger partial charge in [-0.1, -0.05) is 31.2 Å². The molecule has 0 aliphatic rings. The third kappa shape index (κ3) is 3.28. The number of hydrogen-bond acceptors (Lipinski definition) is 3. The second kappa shape index (κ2) is 6.93. The van der Waals surface area contributed by atoms with Crippen molar-refractivity contribution in [3.8, 4) is 6.07 Å². The van der Waals surface area contributed by atoms with Gasteiger partial charge in [-0.2, -0.15) is 5.26 Å². The second-order valence-electron chi connectivity index (χ2n) is 5.17. The molecule has 3 heteroatoms. The summed E-state index contributed by atoms with van der Waals surface area (Å²) in [5, 5.41) is 23.6. The van der Waals surface area contributed by atoms with Crippen LogP contribution in [0.5, 0.6) is 0 Å². The highest BCUT2D eigenvalue weighted by Crippen LogP contribution is 2.26. The van der Waals surface area contributed by atoms with Gasteiger partial charge >= 0.3 is 0 Å². The van der Waals surface area contributed by atoms with Crippen molar-refractivity contribution in [1.82, 2.24) is 0 Å². The fourth-order valence-corrected chi connectivity index (χ4v) is 2.32. The molecule has 2 N–H and O–H groups in total. The van der Waals surface area contributed by atoms with E-state index in [0.29, 0.717) is 11.5 Å². The van der Waals surface area contributed by atoms with Gasteiger partial charge in [0.1, 0.15) is 0 Å². The standard InChI is InChI=1S/C17H20N2O/c1-13(12-20)5-4-10-19-17-9-8-14(11-18)15-6-2-3-7-16(15)17/h2-3,6-9,13,19-20H,4-5,10,12H2,1H3. The SMILES string of the molecule is CC(CO)CCCNc1ccc(C#N)c2ccccc12. The maximum Gasteiger partial charge on any atom is 0.0998 e. The highest BCUT2D eigenvalue weighted by Gasteiger charge is 2.05. The van der Waals surface area contributed by atoms with Gasteiger partial charge < -0.3 is 10.4 Å². The smallest absolute Gasteiger partial charge is 0.0998 e. The van der Waals surface area contributed by atoms with E-state index in [-0.39, 0.29) is 6.61 Å². The minimum absolute atomic E-state index is 0.250. The molecule has 2 aromatic rings. The van der Waals surface area contributed by atoms with Gasteiger partial charge in [0.05, 0.1) is 11.6 Å². The Morgan fingerprint density at radius 3 is 2.65 bits per heavy atom. The Labute approximate surface area is 119 Å². The van der Waals surface area contributed by atoms with Crippen LogP contribution in [-0.4, -0.2) is 18.3 Å². The Morgan fingerprint density at radius 1 is 1.20 bits per heavy atom. The van der Waals surface area contributed by atoms with Gasteiger partial charge in [-0.25, -0.2) is 0 Å². The molecular weight excluding hydrogens is 248 g/mol. The molecule has 0 spiro atoms. The Balaban J connectivity index is 2.10. The van der Waals surface area contributed by atoms with E-state index >= 15 is 0 Å². The minimum atomic E-state index is 0.250. The summed E-state index contributed by atoms with van der Waals surface area (Å²) in [5.74, 6) is 0.356. The summed E-state index contributed by atoms with van der Waals surface area (Å²) < 4.78 is 0. The minimum Gasteiger partial charge on any atom is -0.396 e. The van der Waals surface area contributed by atoms with E-state index in [4.69, 9.17) is 10.4 Å². The molecule has 0 amide bonds. The summed E-state index contributed by atoms with van der Waals surface area (Å²) in [7, 11) is 0. The maximum atomic E-state index is 9.13. The molecule has 0 heterocycles. The largest absolute Gasteiger partial charge is 0.396 e. The first-order chi connectivity index (χ1) is 9.76. The molecule has 0 bridgehead atoms. The summed E-state index contributed by atoms with van der Waals surface area (Å²) in [5.41, 5.74) is 1.77. The van der Waals surface area contributed by atoms with Gasteiger partial charge in [0, 0.05) is 29.6 Å². The average molecular weight is 268 g/mol. The van der Waals surface area contributed by atoms with Crippen LogP contribution in [-0.2, 0) is 0 Å². The number of nitrogens with one attached hydrogen (secondary N) is 1. The molecular formula is C17H20N2O. The highest BCUT2D eigenvalue weighted by atomic mass is 16.3. The van der Waals surface area contributed by atoms with Gasteiger partial charge in [-0.05, 0) is 30.9 Å². The molecule has 20 heavy (non-hydrogen) atoms. The Bertz CT molecular complexity index is 616. The zero-order chi connectivity index (χ0) is 14.4. The van der Waals surface area contributed by atoms with Crippen molar-refractivity contribution >= 4 is 16.5 Å². The van der Waals surface area contributed by atoms with E-state index in [1.807, 2.05) is 36.4 Å². The van der Waals surface area contributed by atoms with Gasteiger partial charge in [-0.15, -0.1) is 0 Å². The molecule has 0 aliphatic heterocycles. The van der Waals surface area contributed by atoms with E-state index < -0.39 is 0 Å². The number of rotatable bonds is 6. The molecule has 104 valence electrons. The number of hydrogen-bond donors (Lipinski definition) is 2. The molecule has 0 saturated carbocycles. The molecule has 0 aromatic heterocycles. The van der Waals surface area contributed by atoms with Crippen LogP contribution >= 0.6 is 0 Å². The van der Waals surface area contributed by atoms with Crippen molar-refractivity contribution < 1.29 is 5.11 Å². The zero-order valence-electron chi connectivity index (χ0n) is 11.8. The van der Waals surface area contributed by atoms with Crippen molar-refractivity contribution in [2.75, 3.05) is 18.5 Å². The molecule has 0 radical (unpaired) electrons. The number of fused-ring (bicyclic) bond motifs is 1. The number of nitrogens with zero attached hydrogens (tertiary/aromatic N) is 1. The predicted molar refractivity (Wildman–Crippen MR) is 82.6 cm³/mol. The molecule has 2 aromatic carbocycles. The second-order valence-corrected chi connectivity index (χ2v) is 5.17. The monoisotopic (exact) mass is 268 g/mol. The molecule has 0 saturated heterocycles. The number of aliphatic hydroxyl groups is 1. The van der Waals surface area contributed by atoms with Crippen LogP contribution in [0, 0.1) is 17.2 Å². The van der Waals surface area contributed by atoms with Gasteiger partial charge in [0.2, 0.25) is 0 Å². The van der Waals surface area contributed by atoms with Crippen LogP contribution in [0.15, 0.2) is 36.4 Å². The van der Waals surface area contributed by atoms with Crippen LogP contribution in [0.4, 0.5) is 5.69 Å². The summed E-state index contributed by atoms with van der Waals surface area (Å²) in [6.07, 6.45) is 2.04. The molecule has 1 unspecified atom stereocenters. The molecule has 1 atom stereocenters. The van der Waals surface area contributed by atoms with E-state index in [9.17, 15) is 0 Å². The lowest BCUT2D eigenvalue weighted by molar-refractivity contribution is 0.229. The first-order valence-electron chi connectivity index (χ1n) is 7.03. The first kappa shape index (κ1) is 14.4. The Kier molecular flexibility index (Phi) is 4.97. The first-order valence-corrected chi connectivity index (χ1v) is 7.03. The average Bonchev–Trinajstić information content (AvgIpc) is 2.51. The van der Waals surface area contributed by atoms with Crippen molar-refractivity contribution in [2.24, 2.45) is 5.92 Å². The van der Waals surface area contributed by atoms with Crippen LogP contribution in [0.3, 0.4) is 0 Å². The fraction of sp³-hybridized carbons (Fsp3) is 0.353. The number of aliphatic hydroxyl groups excluding tert-OH is 1. The van der Waals surface area contributed by atoms with Crippen LogP contribution in [0.25, 0.3) is 10.8 Å². The third-order valence-corrected chi connectivity index (χ3v) is 3.55. The lowest BCUT2D eigenvalue weighted by atomic mass is 10.0. The Morgan fingerprint density at radius 2 is 1.95 bits per heavy atom. The topological polar surface area (TPSA) is 56.0 Å². The quantitative estimate of drug-likeness (QED) is 0.788. The van der Waals surface area contributed by atoms with Crippen molar-refractivity contribution in [3.63, 3.8) is 0 Å². The highest BCUT2D eigenvalue weighted by molar-refractivity contribution is 5.97. The van der Waals surface area contributed by atoms with Gasteiger partial charge in [-0.3, -0.25) is 0 Å². The van der Waals surface area contributed by atoms with Crippen molar-refractivity contribution in [1.29, 1.82) is 5.26 Å². The van der Waals surface area contributed by atoms with E-state index in [1.165, 1.54) is 0 Å². The van der Waals surface area contributed by atoms with Crippen LogP contribution in [0.2, 0.25) is 0 Å². The van der Waals surface area contributed by atoms with Crippen molar-refractivity contribution in [2.45, 2.75) is 19.8 Å². The van der Waals surface area contributed by atoms with Crippen LogP contribution < -0.4 is 5.32 Å². The van der Waals surface area contributed by atoms with Crippen LogP contribution in [0.1, 0.15) is 25.3 Å². The fourth-order valence-electron chi connectivity index (χ4n) is 2.32. The maximum absolute atomic E-state index is 9.13. The third-order valence-electron chi connectivity index (χ3n) is 3.55. The molecule has 2 rings (SSSR count). The summed E-state index contributed by atoms with van der Waals surface area (Å²) in [4.78, 5) is 0. The van der Waals surface area contributed by atoms with Gasteiger partial charge in [0.15, 0.2) is 0 Å². The number of benzene rings is 2. The molecule has 0 aliphatic carbocycles. The van der Waals surface area contributed by atoms with Crippen molar-refractivity contribution in [3.05, 3.63) is 42.0 Å². The lowest BCUT2D eigenvalue weighted by Gasteiger charge is -2.12. The van der Waals surface area contributed by atoms with E-state index in [2.05, 4.69) is 18.3 Å². The van der Waals surface area contributed by atoms with E-state index in [1.54, 1.807) is 0 Å². The van der Waals surface area contributed by atoms with Gasteiger partial charge in [0.25, 0.3) is 0 Å². The van der Waals surface area contributed by atoms with E-state index in [0.717, 1.165) is 35.8 Å². The summed E-state index contributed by atoms with van der Waals surface area (Å²) in [6.45, 7) is 3.18. The zero-order valence-corrected chi connectivity index (χ0v) is 11.8. The Hall–Kier alpha value is -2.05.